The average Bonchev–Trinajstić information content (AvgIpc) is 3.13. The molecular weight excluding hydrogens is 218 g/mol. The Labute approximate surface area is 114 Å². The van der Waals surface area contributed by atoms with E-state index in [0.29, 0.717) is 5.41 Å². The summed E-state index contributed by atoms with van der Waals surface area (Å²) in [5.41, 5.74) is 0.560. The minimum atomic E-state index is 0.560. The minimum Gasteiger partial charge on any atom is -0.311 e. The molecule has 0 heterocycles. The highest BCUT2D eigenvalue weighted by Gasteiger charge is 2.32. The van der Waals surface area contributed by atoms with E-state index in [0.717, 1.165) is 23.9 Å². The van der Waals surface area contributed by atoms with Crippen LogP contribution in [-0.4, -0.2) is 12.1 Å². The zero-order valence-corrected chi connectivity index (χ0v) is 13.0. The molecule has 0 radical (unpaired) electrons. The van der Waals surface area contributed by atoms with Gasteiger partial charge in [-0.25, -0.2) is 0 Å². The maximum Gasteiger partial charge on any atom is 0.00697 e. The van der Waals surface area contributed by atoms with Gasteiger partial charge in [0.05, 0.1) is 0 Å². The van der Waals surface area contributed by atoms with Crippen molar-refractivity contribution in [2.24, 2.45) is 17.3 Å². The first-order valence-corrected chi connectivity index (χ1v) is 8.27. The molecule has 2 aliphatic rings. The van der Waals surface area contributed by atoms with Crippen molar-refractivity contribution in [2.45, 2.75) is 91.1 Å². The van der Waals surface area contributed by atoms with Crippen LogP contribution in [-0.2, 0) is 0 Å². The van der Waals surface area contributed by atoms with Gasteiger partial charge in [-0.05, 0) is 56.3 Å². The summed E-state index contributed by atoms with van der Waals surface area (Å²) >= 11 is 0. The third-order valence-corrected chi connectivity index (χ3v) is 5.65. The van der Waals surface area contributed by atoms with Crippen LogP contribution in [0.25, 0.3) is 0 Å². The summed E-state index contributed by atoms with van der Waals surface area (Å²) in [6.45, 7) is 9.66. The molecule has 1 nitrogen and oxygen atoms in total. The minimum absolute atomic E-state index is 0.560. The Kier molecular flexibility index (Phi) is 4.75. The number of rotatable bonds is 6. The molecule has 0 aliphatic heterocycles. The monoisotopic (exact) mass is 251 g/mol. The Balaban J connectivity index is 1.69. The van der Waals surface area contributed by atoms with Gasteiger partial charge in [-0.15, -0.1) is 0 Å². The highest BCUT2D eigenvalue weighted by atomic mass is 14.9. The first-order chi connectivity index (χ1) is 8.51. The summed E-state index contributed by atoms with van der Waals surface area (Å²) in [5, 5.41) is 3.88. The zero-order valence-electron chi connectivity index (χ0n) is 13.0. The van der Waals surface area contributed by atoms with Crippen molar-refractivity contribution < 1.29 is 0 Å². The van der Waals surface area contributed by atoms with Crippen LogP contribution in [0.2, 0.25) is 0 Å². The van der Waals surface area contributed by atoms with E-state index in [1.165, 1.54) is 51.4 Å². The standard InChI is InChI=1S/C17H33N/c1-5-17(3,4)15-8-10-16(11-9-15)18-13(2)12-14-6-7-14/h13-16,18H,5-12H2,1-4H3. The quantitative estimate of drug-likeness (QED) is 0.717. The molecule has 0 aromatic carbocycles. The maximum atomic E-state index is 3.88. The number of nitrogens with one attached hydrogen (secondary N) is 1. The molecule has 2 aliphatic carbocycles. The summed E-state index contributed by atoms with van der Waals surface area (Å²) in [6, 6.07) is 1.56. The van der Waals surface area contributed by atoms with E-state index in [-0.39, 0.29) is 0 Å². The third-order valence-electron chi connectivity index (χ3n) is 5.65. The molecule has 1 atom stereocenters. The summed E-state index contributed by atoms with van der Waals surface area (Å²) in [4.78, 5) is 0. The predicted molar refractivity (Wildman–Crippen MR) is 79.8 cm³/mol. The predicted octanol–water partition coefficient (Wildman–Crippen LogP) is 4.76. The summed E-state index contributed by atoms with van der Waals surface area (Å²) in [6.07, 6.45) is 11.4. The zero-order chi connectivity index (χ0) is 13.2. The van der Waals surface area contributed by atoms with Crippen LogP contribution in [0.4, 0.5) is 0 Å². The molecule has 0 amide bonds. The normalized spacial score (nSPS) is 31.3. The lowest BCUT2D eigenvalue weighted by molar-refractivity contribution is 0.134. The largest absolute Gasteiger partial charge is 0.311 e. The third kappa shape index (κ3) is 3.98. The number of hydrogen-bond donors (Lipinski definition) is 1. The van der Waals surface area contributed by atoms with Crippen molar-refractivity contribution in [3.8, 4) is 0 Å². The highest BCUT2D eigenvalue weighted by Crippen LogP contribution is 2.40. The lowest BCUT2D eigenvalue weighted by atomic mass is 9.69. The topological polar surface area (TPSA) is 12.0 Å². The van der Waals surface area contributed by atoms with Gasteiger partial charge in [-0.2, -0.15) is 0 Å². The van der Waals surface area contributed by atoms with Crippen molar-refractivity contribution in [3.05, 3.63) is 0 Å². The molecule has 2 fully saturated rings. The Morgan fingerprint density at radius 3 is 2.17 bits per heavy atom. The van der Waals surface area contributed by atoms with Crippen LogP contribution in [0.5, 0.6) is 0 Å². The molecule has 0 saturated heterocycles. The van der Waals surface area contributed by atoms with Gasteiger partial charge in [0.25, 0.3) is 0 Å². The van der Waals surface area contributed by atoms with Crippen LogP contribution >= 0.6 is 0 Å². The summed E-state index contributed by atoms with van der Waals surface area (Å²) in [5.74, 6) is 2.02. The second-order valence-corrected chi connectivity index (χ2v) is 7.64. The first-order valence-electron chi connectivity index (χ1n) is 8.27. The first kappa shape index (κ1) is 14.4. The fourth-order valence-electron chi connectivity index (χ4n) is 3.65. The van der Waals surface area contributed by atoms with Gasteiger partial charge in [0.2, 0.25) is 0 Å². The van der Waals surface area contributed by atoms with Crippen molar-refractivity contribution in [3.63, 3.8) is 0 Å². The van der Waals surface area contributed by atoms with Crippen LogP contribution in [0.3, 0.4) is 0 Å². The second-order valence-electron chi connectivity index (χ2n) is 7.64. The Bertz CT molecular complexity index is 246. The second kappa shape index (κ2) is 5.94. The molecule has 0 aromatic rings. The molecule has 0 bridgehead atoms. The molecule has 2 rings (SSSR count). The fourth-order valence-corrected chi connectivity index (χ4v) is 3.65. The van der Waals surface area contributed by atoms with E-state index < -0.39 is 0 Å². The Morgan fingerprint density at radius 1 is 1.06 bits per heavy atom. The van der Waals surface area contributed by atoms with E-state index in [4.69, 9.17) is 0 Å². The van der Waals surface area contributed by atoms with Crippen LogP contribution in [0.15, 0.2) is 0 Å². The fraction of sp³-hybridized carbons (Fsp3) is 1.00. The summed E-state index contributed by atoms with van der Waals surface area (Å²) in [7, 11) is 0. The van der Waals surface area contributed by atoms with Crippen LogP contribution in [0.1, 0.15) is 79.1 Å². The molecule has 1 heteroatoms. The number of hydrogen-bond acceptors (Lipinski definition) is 1. The molecule has 0 aromatic heterocycles. The van der Waals surface area contributed by atoms with E-state index in [1.54, 1.807) is 0 Å². The van der Waals surface area contributed by atoms with Crippen molar-refractivity contribution >= 4 is 0 Å². The SMILES string of the molecule is CCC(C)(C)C1CCC(NC(C)CC2CC2)CC1. The maximum absolute atomic E-state index is 3.88. The average molecular weight is 251 g/mol. The van der Waals surface area contributed by atoms with E-state index in [2.05, 4.69) is 33.0 Å². The van der Waals surface area contributed by atoms with Crippen LogP contribution in [0, 0.1) is 17.3 Å². The Morgan fingerprint density at radius 2 is 1.67 bits per heavy atom. The van der Waals surface area contributed by atoms with Gasteiger partial charge < -0.3 is 5.32 Å². The van der Waals surface area contributed by atoms with Crippen molar-refractivity contribution in [1.82, 2.24) is 5.32 Å². The molecule has 2 saturated carbocycles. The molecule has 18 heavy (non-hydrogen) atoms. The molecular formula is C17H33N. The smallest absolute Gasteiger partial charge is 0.00697 e. The van der Waals surface area contributed by atoms with Gasteiger partial charge in [0.1, 0.15) is 0 Å². The van der Waals surface area contributed by atoms with Gasteiger partial charge >= 0.3 is 0 Å². The summed E-state index contributed by atoms with van der Waals surface area (Å²) < 4.78 is 0. The molecule has 1 unspecified atom stereocenters. The van der Waals surface area contributed by atoms with Crippen molar-refractivity contribution in [1.29, 1.82) is 0 Å². The van der Waals surface area contributed by atoms with Gasteiger partial charge in [-0.3, -0.25) is 0 Å². The van der Waals surface area contributed by atoms with Gasteiger partial charge in [0, 0.05) is 12.1 Å². The van der Waals surface area contributed by atoms with Gasteiger partial charge in [-0.1, -0.05) is 40.0 Å². The lowest BCUT2D eigenvalue weighted by Crippen LogP contribution is -2.41. The van der Waals surface area contributed by atoms with E-state index in [9.17, 15) is 0 Å². The molecule has 1 N–H and O–H groups in total. The molecule has 106 valence electrons. The Hall–Kier alpha value is -0.0400. The van der Waals surface area contributed by atoms with E-state index >= 15 is 0 Å². The highest BCUT2D eigenvalue weighted by molar-refractivity contribution is 4.87. The van der Waals surface area contributed by atoms with E-state index in [1.807, 2.05) is 0 Å². The van der Waals surface area contributed by atoms with Gasteiger partial charge in [0.15, 0.2) is 0 Å². The van der Waals surface area contributed by atoms with Crippen LogP contribution < -0.4 is 5.32 Å². The van der Waals surface area contributed by atoms with Crippen molar-refractivity contribution in [2.75, 3.05) is 0 Å². The lowest BCUT2D eigenvalue weighted by Gasteiger charge is -2.39. The molecule has 0 spiro atoms.